The Balaban J connectivity index is 2.45. The van der Waals surface area contributed by atoms with Gasteiger partial charge in [0.15, 0.2) is 5.96 Å². The normalized spacial score (nSPS) is 12.8. The summed E-state index contributed by atoms with van der Waals surface area (Å²) in [5.41, 5.74) is 1.82. The molecule has 0 spiro atoms. The van der Waals surface area contributed by atoms with Crippen molar-refractivity contribution in [3.63, 3.8) is 0 Å². The van der Waals surface area contributed by atoms with Gasteiger partial charge in [0.2, 0.25) is 0 Å². The fourth-order valence-electron chi connectivity index (χ4n) is 2.54. The van der Waals surface area contributed by atoms with Gasteiger partial charge in [0.25, 0.3) is 5.91 Å². The molecule has 25 heavy (non-hydrogen) atoms. The van der Waals surface area contributed by atoms with Gasteiger partial charge in [0, 0.05) is 39.3 Å². The standard InChI is InChI=1S/C20H34N4O/c1-15(2)8-7-9-16(3)23-20(21-4)22-14-17-10-12-18(13-11-17)19(25)24(5)6/h10-13,15-16H,7-9,14H2,1-6H3,(H2,21,22,23). The van der Waals surface area contributed by atoms with E-state index in [1.54, 1.807) is 26.0 Å². The van der Waals surface area contributed by atoms with Crippen LogP contribution in [0.25, 0.3) is 0 Å². The molecular weight excluding hydrogens is 312 g/mol. The summed E-state index contributed by atoms with van der Waals surface area (Å²) in [6.45, 7) is 7.38. The molecule has 1 atom stereocenters. The molecule has 0 aliphatic carbocycles. The Hall–Kier alpha value is -2.04. The van der Waals surface area contributed by atoms with Crippen molar-refractivity contribution in [3.8, 4) is 0 Å². The molecule has 2 N–H and O–H groups in total. The molecule has 0 saturated heterocycles. The minimum absolute atomic E-state index is 0.0206. The van der Waals surface area contributed by atoms with Crippen LogP contribution in [-0.2, 0) is 6.54 Å². The van der Waals surface area contributed by atoms with Crippen LogP contribution in [0.1, 0.15) is 56.0 Å². The van der Waals surface area contributed by atoms with Gasteiger partial charge in [-0.3, -0.25) is 9.79 Å². The second-order valence-corrected chi connectivity index (χ2v) is 7.19. The Morgan fingerprint density at radius 3 is 2.28 bits per heavy atom. The summed E-state index contributed by atoms with van der Waals surface area (Å²) in [6.07, 6.45) is 3.63. The van der Waals surface area contributed by atoms with Gasteiger partial charge in [0.1, 0.15) is 0 Å². The average Bonchev–Trinajstić information content (AvgIpc) is 2.57. The molecule has 1 unspecified atom stereocenters. The quantitative estimate of drug-likeness (QED) is 0.561. The van der Waals surface area contributed by atoms with E-state index in [2.05, 4.69) is 36.4 Å². The molecule has 0 aliphatic rings. The van der Waals surface area contributed by atoms with E-state index in [0.29, 0.717) is 18.2 Å². The number of aliphatic imine (C=N–C) groups is 1. The smallest absolute Gasteiger partial charge is 0.253 e. The van der Waals surface area contributed by atoms with Gasteiger partial charge >= 0.3 is 0 Å². The van der Waals surface area contributed by atoms with Gasteiger partial charge < -0.3 is 15.5 Å². The molecular formula is C20H34N4O. The van der Waals surface area contributed by atoms with E-state index in [9.17, 15) is 4.79 Å². The minimum atomic E-state index is 0.0206. The highest BCUT2D eigenvalue weighted by molar-refractivity contribution is 5.93. The lowest BCUT2D eigenvalue weighted by Crippen LogP contribution is -2.41. The zero-order valence-electron chi connectivity index (χ0n) is 16.6. The summed E-state index contributed by atoms with van der Waals surface area (Å²) >= 11 is 0. The van der Waals surface area contributed by atoms with Crippen LogP contribution in [-0.4, -0.2) is 44.0 Å². The average molecular weight is 347 g/mol. The van der Waals surface area contributed by atoms with E-state index in [4.69, 9.17) is 0 Å². The number of nitrogens with one attached hydrogen (secondary N) is 2. The molecule has 5 nitrogen and oxygen atoms in total. The first kappa shape index (κ1) is 21.0. The molecule has 0 fully saturated rings. The molecule has 0 heterocycles. The van der Waals surface area contributed by atoms with Crippen LogP contribution in [0.3, 0.4) is 0 Å². The number of rotatable bonds is 8. The fraction of sp³-hybridized carbons (Fsp3) is 0.600. The van der Waals surface area contributed by atoms with Crippen molar-refractivity contribution in [2.75, 3.05) is 21.1 Å². The lowest BCUT2D eigenvalue weighted by molar-refractivity contribution is 0.0827. The van der Waals surface area contributed by atoms with Gasteiger partial charge in [-0.1, -0.05) is 38.8 Å². The first-order valence-electron chi connectivity index (χ1n) is 9.11. The van der Waals surface area contributed by atoms with Gasteiger partial charge in [-0.2, -0.15) is 0 Å². The third kappa shape index (κ3) is 8.05. The molecule has 1 aromatic carbocycles. The van der Waals surface area contributed by atoms with E-state index in [1.807, 2.05) is 24.3 Å². The Kier molecular flexibility index (Phi) is 9.03. The summed E-state index contributed by atoms with van der Waals surface area (Å²) < 4.78 is 0. The van der Waals surface area contributed by atoms with Crippen LogP contribution in [0.2, 0.25) is 0 Å². The molecule has 0 saturated carbocycles. The highest BCUT2D eigenvalue weighted by Crippen LogP contribution is 2.08. The SMILES string of the molecule is CN=C(NCc1ccc(C(=O)N(C)C)cc1)NC(C)CCCC(C)C. The molecule has 5 heteroatoms. The Morgan fingerprint density at radius 1 is 1.12 bits per heavy atom. The van der Waals surface area contributed by atoms with Gasteiger partial charge in [-0.15, -0.1) is 0 Å². The predicted octanol–water partition coefficient (Wildman–Crippen LogP) is 3.27. The Bertz CT molecular complexity index is 549. The van der Waals surface area contributed by atoms with Crippen LogP contribution in [0.15, 0.2) is 29.3 Å². The molecule has 1 rings (SSSR count). The van der Waals surface area contributed by atoms with Crippen molar-refractivity contribution in [1.29, 1.82) is 0 Å². The summed E-state index contributed by atoms with van der Waals surface area (Å²) in [5.74, 6) is 1.59. The maximum Gasteiger partial charge on any atom is 0.253 e. The van der Waals surface area contributed by atoms with Crippen molar-refractivity contribution in [1.82, 2.24) is 15.5 Å². The number of guanidine groups is 1. The van der Waals surface area contributed by atoms with Crippen molar-refractivity contribution in [2.45, 2.75) is 52.6 Å². The number of carbonyl (C=O) groups is 1. The molecule has 140 valence electrons. The minimum Gasteiger partial charge on any atom is -0.354 e. The van der Waals surface area contributed by atoms with Crippen molar-refractivity contribution in [2.24, 2.45) is 10.9 Å². The van der Waals surface area contributed by atoms with Gasteiger partial charge in [-0.05, 0) is 37.0 Å². The molecule has 1 aromatic rings. The maximum atomic E-state index is 11.9. The summed E-state index contributed by atoms with van der Waals surface area (Å²) in [5, 5.41) is 6.76. The summed E-state index contributed by atoms with van der Waals surface area (Å²) in [4.78, 5) is 17.8. The number of benzene rings is 1. The number of hydrogen-bond donors (Lipinski definition) is 2. The van der Waals surface area contributed by atoms with Crippen LogP contribution in [0.5, 0.6) is 0 Å². The molecule has 1 amide bonds. The first-order valence-corrected chi connectivity index (χ1v) is 9.11. The van der Waals surface area contributed by atoms with Crippen LogP contribution in [0, 0.1) is 5.92 Å². The largest absolute Gasteiger partial charge is 0.354 e. The third-order valence-corrected chi connectivity index (χ3v) is 4.09. The van der Waals surface area contributed by atoms with E-state index in [0.717, 1.165) is 23.9 Å². The lowest BCUT2D eigenvalue weighted by Gasteiger charge is -2.18. The number of nitrogens with zero attached hydrogens (tertiary/aromatic N) is 2. The van der Waals surface area contributed by atoms with Gasteiger partial charge in [0.05, 0.1) is 0 Å². The maximum absolute atomic E-state index is 11.9. The number of amides is 1. The molecule has 0 aliphatic heterocycles. The van der Waals surface area contributed by atoms with E-state index < -0.39 is 0 Å². The summed E-state index contributed by atoms with van der Waals surface area (Å²) in [6, 6.07) is 8.07. The lowest BCUT2D eigenvalue weighted by atomic mass is 10.0. The van der Waals surface area contributed by atoms with Crippen LogP contribution in [0.4, 0.5) is 0 Å². The van der Waals surface area contributed by atoms with Crippen molar-refractivity contribution < 1.29 is 4.79 Å². The van der Waals surface area contributed by atoms with Crippen molar-refractivity contribution >= 4 is 11.9 Å². The fourth-order valence-corrected chi connectivity index (χ4v) is 2.54. The van der Waals surface area contributed by atoms with E-state index >= 15 is 0 Å². The van der Waals surface area contributed by atoms with Crippen LogP contribution >= 0.6 is 0 Å². The first-order chi connectivity index (χ1) is 11.8. The van der Waals surface area contributed by atoms with Crippen molar-refractivity contribution in [3.05, 3.63) is 35.4 Å². The number of hydrogen-bond acceptors (Lipinski definition) is 2. The number of carbonyl (C=O) groups excluding carboxylic acids is 1. The second kappa shape index (κ2) is 10.7. The molecule has 0 aromatic heterocycles. The predicted molar refractivity (Wildman–Crippen MR) is 106 cm³/mol. The zero-order chi connectivity index (χ0) is 18.8. The topological polar surface area (TPSA) is 56.7 Å². The Labute approximate surface area is 152 Å². The third-order valence-electron chi connectivity index (χ3n) is 4.09. The summed E-state index contributed by atoms with van der Waals surface area (Å²) in [7, 11) is 5.31. The van der Waals surface area contributed by atoms with Crippen LogP contribution < -0.4 is 10.6 Å². The van der Waals surface area contributed by atoms with Gasteiger partial charge in [-0.25, -0.2) is 0 Å². The second-order valence-electron chi connectivity index (χ2n) is 7.19. The van der Waals surface area contributed by atoms with E-state index in [1.165, 1.54) is 12.8 Å². The Morgan fingerprint density at radius 2 is 1.76 bits per heavy atom. The highest BCUT2D eigenvalue weighted by atomic mass is 16.2. The zero-order valence-corrected chi connectivity index (χ0v) is 16.6. The monoisotopic (exact) mass is 346 g/mol. The van der Waals surface area contributed by atoms with E-state index in [-0.39, 0.29) is 5.91 Å². The molecule has 0 bridgehead atoms. The highest BCUT2D eigenvalue weighted by Gasteiger charge is 2.08. The molecule has 0 radical (unpaired) electrons.